The second-order valence-corrected chi connectivity index (χ2v) is 6.90. The van der Waals surface area contributed by atoms with E-state index in [2.05, 4.69) is 5.32 Å². The first-order valence-electron chi connectivity index (χ1n) is 6.47. The standard InChI is InChI=1S/C13H19N3O3S/c1-9-3-4-11(7-12(9)13(14)17)20(18,19)16-6-5-15-8-10(16)2/h3-4,7,10,15H,5-6,8H2,1-2H3,(H2,14,17)/t10-/m1/s1. The monoisotopic (exact) mass is 297 g/mol. The summed E-state index contributed by atoms with van der Waals surface area (Å²) in [7, 11) is -3.60. The van der Waals surface area contributed by atoms with E-state index in [4.69, 9.17) is 5.73 Å². The summed E-state index contributed by atoms with van der Waals surface area (Å²) >= 11 is 0. The minimum Gasteiger partial charge on any atom is -0.366 e. The molecule has 1 aromatic carbocycles. The predicted molar refractivity (Wildman–Crippen MR) is 75.9 cm³/mol. The number of sulfonamides is 1. The van der Waals surface area contributed by atoms with E-state index < -0.39 is 15.9 Å². The van der Waals surface area contributed by atoms with Gasteiger partial charge in [-0.15, -0.1) is 0 Å². The largest absolute Gasteiger partial charge is 0.366 e. The molecule has 1 atom stereocenters. The number of piperazine rings is 1. The van der Waals surface area contributed by atoms with Gasteiger partial charge in [-0.2, -0.15) is 4.31 Å². The number of primary amides is 1. The van der Waals surface area contributed by atoms with E-state index in [9.17, 15) is 13.2 Å². The van der Waals surface area contributed by atoms with Crippen molar-refractivity contribution in [2.45, 2.75) is 24.8 Å². The lowest BCUT2D eigenvalue weighted by atomic mass is 10.1. The maximum absolute atomic E-state index is 12.6. The van der Waals surface area contributed by atoms with Crippen LogP contribution in [0.15, 0.2) is 23.1 Å². The number of nitrogens with one attached hydrogen (secondary N) is 1. The molecule has 0 aromatic heterocycles. The fourth-order valence-electron chi connectivity index (χ4n) is 2.34. The van der Waals surface area contributed by atoms with Gasteiger partial charge in [0.05, 0.1) is 4.90 Å². The molecule has 1 amide bonds. The Labute approximate surface area is 119 Å². The van der Waals surface area contributed by atoms with E-state index in [0.29, 0.717) is 25.2 Å². The number of carbonyl (C=O) groups excluding carboxylic acids is 1. The smallest absolute Gasteiger partial charge is 0.249 e. The van der Waals surface area contributed by atoms with Gasteiger partial charge in [-0.1, -0.05) is 6.07 Å². The lowest BCUT2D eigenvalue weighted by molar-refractivity contribution is 0.0999. The van der Waals surface area contributed by atoms with Gasteiger partial charge in [0.25, 0.3) is 0 Å². The van der Waals surface area contributed by atoms with E-state index in [1.165, 1.54) is 16.4 Å². The summed E-state index contributed by atoms with van der Waals surface area (Å²) in [5.41, 5.74) is 6.19. The molecule has 1 aliphatic heterocycles. The van der Waals surface area contributed by atoms with E-state index in [1.807, 2.05) is 6.92 Å². The highest BCUT2D eigenvalue weighted by Gasteiger charge is 2.31. The lowest BCUT2D eigenvalue weighted by Crippen LogP contribution is -2.52. The molecule has 1 saturated heterocycles. The number of nitrogens with two attached hydrogens (primary N) is 1. The molecule has 0 aliphatic carbocycles. The van der Waals surface area contributed by atoms with Crippen LogP contribution in [0.4, 0.5) is 0 Å². The average Bonchev–Trinajstić information content (AvgIpc) is 2.38. The normalized spacial score (nSPS) is 20.8. The van der Waals surface area contributed by atoms with Crippen molar-refractivity contribution in [2.75, 3.05) is 19.6 Å². The van der Waals surface area contributed by atoms with Gasteiger partial charge < -0.3 is 11.1 Å². The highest BCUT2D eigenvalue weighted by Crippen LogP contribution is 2.21. The van der Waals surface area contributed by atoms with Crippen molar-refractivity contribution in [1.82, 2.24) is 9.62 Å². The zero-order valence-electron chi connectivity index (χ0n) is 11.6. The van der Waals surface area contributed by atoms with Crippen molar-refractivity contribution < 1.29 is 13.2 Å². The highest BCUT2D eigenvalue weighted by molar-refractivity contribution is 7.89. The van der Waals surface area contributed by atoms with Gasteiger partial charge in [-0.05, 0) is 31.5 Å². The summed E-state index contributed by atoms with van der Waals surface area (Å²) in [6.07, 6.45) is 0. The SMILES string of the molecule is Cc1ccc(S(=O)(=O)N2CCNC[C@H]2C)cc1C(N)=O. The molecule has 0 spiro atoms. The number of hydrogen-bond acceptors (Lipinski definition) is 4. The van der Waals surface area contributed by atoms with Crippen LogP contribution < -0.4 is 11.1 Å². The summed E-state index contributed by atoms with van der Waals surface area (Å²) in [4.78, 5) is 11.5. The first-order chi connectivity index (χ1) is 9.34. The summed E-state index contributed by atoms with van der Waals surface area (Å²) in [5.74, 6) is -0.618. The van der Waals surface area contributed by atoms with Crippen LogP contribution in [0.1, 0.15) is 22.8 Å². The molecule has 0 unspecified atom stereocenters. The Bertz CT molecular complexity index is 628. The number of nitrogens with zero attached hydrogens (tertiary/aromatic N) is 1. The summed E-state index contributed by atoms with van der Waals surface area (Å²) in [6.45, 7) is 5.24. The number of hydrogen-bond donors (Lipinski definition) is 2. The highest BCUT2D eigenvalue weighted by atomic mass is 32.2. The molecule has 1 fully saturated rings. The molecule has 1 aromatic rings. The quantitative estimate of drug-likeness (QED) is 0.826. The molecule has 6 nitrogen and oxygen atoms in total. The molecule has 110 valence electrons. The number of amides is 1. The van der Waals surface area contributed by atoms with Crippen LogP contribution in [-0.4, -0.2) is 44.3 Å². The van der Waals surface area contributed by atoms with Crippen molar-refractivity contribution in [3.63, 3.8) is 0 Å². The fourth-order valence-corrected chi connectivity index (χ4v) is 4.00. The third-order valence-corrected chi connectivity index (χ3v) is 5.53. The Hall–Kier alpha value is -1.44. The van der Waals surface area contributed by atoms with Crippen LogP contribution >= 0.6 is 0 Å². The van der Waals surface area contributed by atoms with Crippen molar-refractivity contribution in [3.8, 4) is 0 Å². The molecule has 0 saturated carbocycles. The Morgan fingerprint density at radius 2 is 2.15 bits per heavy atom. The second kappa shape index (κ2) is 5.51. The zero-order valence-corrected chi connectivity index (χ0v) is 12.4. The molecule has 0 radical (unpaired) electrons. The van der Waals surface area contributed by atoms with Crippen molar-refractivity contribution in [2.24, 2.45) is 5.73 Å². The fraction of sp³-hybridized carbons (Fsp3) is 0.462. The van der Waals surface area contributed by atoms with Gasteiger partial charge in [0, 0.05) is 31.2 Å². The average molecular weight is 297 g/mol. The van der Waals surface area contributed by atoms with Crippen molar-refractivity contribution in [1.29, 1.82) is 0 Å². The van der Waals surface area contributed by atoms with E-state index in [1.54, 1.807) is 13.0 Å². The minimum atomic E-state index is -3.60. The van der Waals surface area contributed by atoms with E-state index >= 15 is 0 Å². The maximum atomic E-state index is 12.6. The molecular formula is C13H19N3O3S. The summed E-state index contributed by atoms with van der Waals surface area (Å²) in [5, 5.41) is 3.15. The van der Waals surface area contributed by atoms with Crippen molar-refractivity contribution in [3.05, 3.63) is 29.3 Å². The van der Waals surface area contributed by atoms with E-state index in [-0.39, 0.29) is 16.5 Å². The molecule has 7 heteroatoms. The first kappa shape index (κ1) is 15.0. The molecule has 2 rings (SSSR count). The topological polar surface area (TPSA) is 92.5 Å². The maximum Gasteiger partial charge on any atom is 0.249 e. The van der Waals surface area contributed by atoms with Crippen molar-refractivity contribution >= 4 is 15.9 Å². The van der Waals surface area contributed by atoms with Gasteiger partial charge in [-0.3, -0.25) is 4.79 Å². The van der Waals surface area contributed by atoms with Crippen LogP contribution in [0.25, 0.3) is 0 Å². The first-order valence-corrected chi connectivity index (χ1v) is 7.91. The molecule has 1 heterocycles. The molecule has 0 bridgehead atoms. The Morgan fingerprint density at radius 3 is 2.75 bits per heavy atom. The number of carbonyl (C=O) groups is 1. The Morgan fingerprint density at radius 1 is 1.45 bits per heavy atom. The van der Waals surface area contributed by atoms with Crippen LogP contribution in [-0.2, 0) is 10.0 Å². The molecular weight excluding hydrogens is 278 g/mol. The van der Waals surface area contributed by atoms with Gasteiger partial charge in [0.2, 0.25) is 15.9 Å². The molecule has 3 N–H and O–H groups in total. The number of aryl methyl sites for hydroxylation is 1. The van der Waals surface area contributed by atoms with Crippen LogP contribution in [0, 0.1) is 6.92 Å². The third-order valence-electron chi connectivity index (χ3n) is 3.52. The summed E-state index contributed by atoms with van der Waals surface area (Å²) < 4.78 is 26.7. The minimum absolute atomic E-state index is 0.116. The van der Waals surface area contributed by atoms with Gasteiger partial charge in [-0.25, -0.2) is 8.42 Å². The van der Waals surface area contributed by atoms with E-state index in [0.717, 1.165) is 0 Å². The lowest BCUT2D eigenvalue weighted by Gasteiger charge is -2.32. The van der Waals surface area contributed by atoms with Gasteiger partial charge in [0.1, 0.15) is 0 Å². The Kier molecular flexibility index (Phi) is 4.12. The number of benzene rings is 1. The van der Waals surface area contributed by atoms with Crippen LogP contribution in [0.3, 0.4) is 0 Å². The van der Waals surface area contributed by atoms with Gasteiger partial charge in [0.15, 0.2) is 0 Å². The molecule has 1 aliphatic rings. The van der Waals surface area contributed by atoms with Crippen LogP contribution in [0.5, 0.6) is 0 Å². The van der Waals surface area contributed by atoms with Crippen LogP contribution in [0.2, 0.25) is 0 Å². The second-order valence-electron chi connectivity index (χ2n) is 5.01. The zero-order chi connectivity index (χ0) is 14.9. The van der Waals surface area contributed by atoms with Gasteiger partial charge >= 0.3 is 0 Å². The number of rotatable bonds is 3. The Balaban J connectivity index is 2.44. The molecule has 20 heavy (non-hydrogen) atoms. The predicted octanol–water partition coefficient (Wildman–Crippen LogP) is 0.0763. The third kappa shape index (κ3) is 2.70. The summed E-state index contributed by atoms with van der Waals surface area (Å²) in [6, 6.07) is 4.38.